The maximum Gasteiger partial charge on any atom is 0.232 e. The van der Waals surface area contributed by atoms with Crippen LogP contribution in [0.25, 0.3) is 0 Å². The highest BCUT2D eigenvalue weighted by molar-refractivity contribution is 6.06. The molecule has 2 heterocycles. The lowest BCUT2D eigenvalue weighted by atomic mass is 9.89. The minimum Gasteiger partial charge on any atom is -0.298 e. The first-order valence-electron chi connectivity index (χ1n) is 5.78. The van der Waals surface area contributed by atoms with Crippen molar-refractivity contribution in [1.29, 1.82) is 0 Å². The molecular weight excluding hydrogens is 216 g/mol. The molecule has 3 atom stereocenters. The van der Waals surface area contributed by atoms with Crippen molar-refractivity contribution in [3.8, 4) is 0 Å². The summed E-state index contributed by atoms with van der Waals surface area (Å²) in [6.07, 6.45) is 0. The van der Waals surface area contributed by atoms with E-state index >= 15 is 0 Å². The molecule has 2 aliphatic rings. The SMILES string of the molecule is CN1C[C@H]2C(=O)NC(=O)[C@H]2C1c1ccccc1. The Bertz CT molecular complexity index is 472. The summed E-state index contributed by atoms with van der Waals surface area (Å²) in [7, 11) is 1.97. The molecule has 2 aliphatic heterocycles. The zero-order chi connectivity index (χ0) is 12.0. The van der Waals surface area contributed by atoms with Crippen LogP contribution in [0.15, 0.2) is 30.3 Å². The second-order valence-electron chi connectivity index (χ2n) is 4.78. The van der Waals surface area contributed by atoms with Gasteiger partial charge in [-0.15, -0.1) is 0 Å². The Labute approximate surface area is 99.6 Å². The van der Waals surface area contributed by atoms with Crippen LogP contribution >= 0.6 is 0 Å². The van der Waals surface area contributed by atoms with Crippen LogP contribution in [0.4, 0.5) is 0 Å². The number of hydrogen-bond donors (Lipinski definition) is 1. The lowest BCUT2D eigenvalue weighted by molar-refractivity contribution is -0.127. The van der Waals surface area contributed by atoms with Crippen LogP contribution < -0.4 is 5.32 Å². The molecule has 1 aromatic carbocycles. The van der Waals surface area contributed by atoms with E-state index in [4.69, 9.17) is 0 Å². The van der Waals surface area contributed by atoms with Crippen LogP contribution in [0, 0.1) is 11.8 Å². The van der Waals surface area contributed by atoms with Crippen molar-refractivity contribution in [2.75, 3.05) is 13.6 Å². The van der Waals surface area contributed by atoms with Gasteiger partial charge in [0.15, 0.2) is 0 Å². The van der Waals surface area contributed by atoms with Crippen LogP contribution in [-0.2, 0) is 9.59 Å². The monoisotopic (exact) mass is 230 g/mol. The fourth-order valence-corrected chi connectivity index (χ4v) is 3.01. The van der Waals surface area contributed by atoms with Gasteiger partial charge in [-0.2, -0.15) is 0 Å². The van der Waals surface area contributed by atoms with Crippen molar-refractivity contribution >= 4 is 11.8 Å². The summed E-state index contributed by atoms with van der Waals surface area (Å²) in [6.45, 7) is 0.655. The second kappa shape index (κ2) is 3.67. The molecule has 1 aromatic rings. The number of fused-ring (bicyclic) bond motifs is 1. The van der Waals surface area contributed by atoms with Gasteiger partial charge in [0, 0.05) is 12.6 Å². The van der Waals surface area contributed by atoms with Crippen LogP contribution in [0.5, 0.6) is 0 Å². The molecule has 88 valence electrons. The quantitative estimate of drug-likeness (QED) is 0.717. The van der Waals surface area contributed by atoms with Crippen molar-refractivity contribution < 1.29 is 9.59 Å². The number of likely N-dealkylation sites (tertiary alicyclic amines) is 1. The summed E-state index contributed by atoms with van der Waals surface area (Å²) in [4.78, 5) is 25.6. The van der Waals surface area contributed by atoms with E-state index in [-0.39, 0.29) is 29.7 Å². The van der Waals surface area contributed by atoms with Crippen LogP contribution in [0.3, 0.4) is 0 Å². The number of nitrogens with one attached hydrogen (secondary N) is 1. The topological polar surface area (TPSA) is 49.4 Å². The fraction of sp³-hybridized carbons (Fsp3) is 0.385. The molecule has 1 N–H and O–H groups in total. The van der Waals surface area contributed by atoms with Crippen molar-refractivity contribution in [1.82, 2.24) is 10.2 Å². The molecule has 0 radical (unpaired) electrons. The van der Waals surface area contributed by atoms with Gasteiger partial charge in [0.05, 0.1) is 11.8 Å². The number of rotatable bonds is 1. The third-order valence-corrected chi connectivity index (χ3v) is 3.76. The van der Waals surface area contributed by atoms with Gasteiger partial charge in [-0.3, -0.25) is 19.8 Å². The van der Waals surface area contributed by atoms with Gasteiger partial charge in [0.1, 0.15) is 0 Å². The van der Waals surface area contributed by atoms with Gasteiger partial charge in [-0.05, 0) is 12.6 Å². The van der Waals surface area contributed by atoms with Gasteiger partial charge in [0.25, 0.3) is 0 Å². The minimum absolute atomic E-state index is 0.0210. The summed E-state index contributed by atoms with van der Waals surface area (Å²) in [5.74, 6) is -0.656. The number of amides is 2. The van der Waals surface area contributed by atoms with Crippen molar-refractivity contribution in [2.45, 2.75) is 6.04 Å². The maximum atomic E-state index is 11.8. The van der Waals surface area contributed by atoms with Gasteiger partial charge >= 0.3 is 0 Å². The van der Waals surface area contributed by atoms with Gasteiger partial charge in [-0.25, -0.2) is 0 Å². The van der Waals surface area contributed by atoms with Gasteiger partial charge in [0.2, 0.25) is 11.8 Å². The maximum absolute atomic E-state index is 11.8. The van der Waals surface area contributed by atoms with Gasteiger partial charge in [-0.1, -0.05) is 30.3 Å². The molecule has 0 aliphatic carbocycles. The highest BCUT2D eigenvalue weighted by Crippen LogP contribution is 2.42. The van der Waals surface area contributed by atoms with E-state index in [1.54, 1.807) is 0 Å². The van der Waals surface area contributed by atoms with E-state index in [1.807, 2.05) is 37.4 Å². The number of carbonyl (C=O) groups is 2. The summed E-state index contributed by atoms with van der Waals surface area (Å²) in [5.41, 5.74) is 1.10. The first kappa shape index (κ1) is 10.5. The number of carbonyl (C=O) groups excluding carboxylic acids is 2. The Morgan fingerprint density at radius 2 is 1.88 bits per heavy atom. The zero-order valence-corrected chi connectivity index (χ0v) is 9.59. The van der Waals surface area contributed by atoms with E-state index in [9.17, 15) is 9.59 Å². The molecule has 4 nitrogen and oxygen atoms in total. The third kappa shape index (κ3) is 1.48. The Morgan fingerprint density at radius 1 is 1.18 bits per heavy atom. The third-order valence-electron chi connectivity index (χ3n) is 3.76. The highest BCUT2D eigenvalue weighted by atomic mass is 16.2. The molecule has 0 bridgehead atoms. The van der Waals surface area contributed by atoms with E-state index < -0.39 is 0 Å². The summed E-state index contributed by atoms with van der Waals surface area (Å²) < 4.78 is 0. The van der Waals surface area contributed by atoms with Crippen molar-refractivity contribution in [3.63, 3.8) is 0 Å². The molecule has 0 spiro atoms. The lowest BCUT2D eigenvalue weighted by Gasteiger charge is -2.23. The molecule has 2 saturated heterocycles. The predicted octanol–water partition coefficient (Wildman–Crippen LogP) is 0.562. The van der Waals surface area contributed by atoms with E-state index in [1.165, 1.54) is 0 Å². The average Bonchev–Trinajstić information content (AvgIpc) is 2.79. The number of imide groups is 1. The first-order valence-corrected chi connectivity index (χ1v) is 5.78. The highest BCUT2D eigenvalue weighted by Gasteiger charge is 2.52. The Morgan fingerprint density at radius 3 is 2.59 bits per heavy atom. The zero-order valence-electron chi connectivity index (χ0n) is 9.59. The molecule has 0 aromatic heterocycles. The van der Waals surface area contributed by atoms with Crippen LogP contribution in [-0.4, -0.2) is 30.3 Å². The second-order valence-corrected chi connectivity index (χ2v) is 4.78. The average molecular weight is 230 g/mol. The van der Waals surface area contributed by atoms with E-state index in [2.05, 4.69) is 10.2 Å². The number of nitrogens with zero attached hydrogens (tertiary/aromatic N) is 1. The van der Waals surface area contributed by atoms with Crippen LogP contribution in [0.2, 0.25) is 0 Å². The molecule has 1 unspecified atom stereocenters. The first-order chi connectivity index (χ1) is 8.18. The molecule has 2 fully saturated rings. The Balaban J connectivity index is 2.00. The standard InChI is InChI=1S/C13H14N2O2/c1-15-7-9-10(13(17)14-12(9)16)11(15)8-5-3-2-4-6-8/h2-6,9-11H,7H2,1H3,(H,14,16,17)/t9-,10-,11?/m1/s1. The Kier molecular flexibility index (Phi) is 2.26. The molecule has 3 rings (SSSR count). The fourth-order valence-electron chi connectivity index (χ4n) is 3.01. The molecule has 17 heavy (non-hydrogen) atoms. The normalized spacial score (nSPS) is 32.6. The van der Waals surface area contributed by atoms with Crippen molar-refractivity contribution in [2.24, 2.45) is 11.8 Å². The minimum atomic E-state index is -0.227. The largest absolute Gasteiger partial charge is 0.298 e. The molecule has 4 heteroatoms. The molecule has 2 amide bonds. The van der Waals surface area contributed by atoms with E-state index in [0.29, 0.717) is 6.54 Å². The summed E-state index contributed by atoms with van der Waals surface area (Å²) in [5, 5.41) is 2.43. The smallest absolute Gasteiger partial charge is 0.232 e. The van der Waals surface area contributed by atoms with Crippen LogP contribution in [0.1, 0.15) is 11.6 Å². The Hall–Kier alpha value is -1.68. The number of benzene rings is 1. The number of hydrogen-bond acceptors (Lipinski definition) is 3. The predicted molar refractivity (Wildman–Crippen MR) is 61.9 cm³/mol. The van der Waals surface area contributed by atoms with Gasteiger partial charge < -0.3 is 0 Å². The summed E-state index contributed by atoms with van der Waals surface area (Å²) >= 11 is 0. The summed E-state index contributed by atoms with van der Waals surface area (Å²) in [6, 6.07) is 9.93. The molecule has 0 saturated carbocycles. The molecular formula is C13H14N2O2. The van der Waals surface area contributed by atoms with E-state index in [0.717, 1.165) is 5.56 Å². The lowest BCUT2D eigenvalue weighted by Crippen LogP contribution is -2.31. The van der Waals surface area contributed by atoms with Crippen molar-refractivity contribution in [3.05, 3.63) is 35.9 Å².